The average Bonchev–Trinajstić information content (AvgIpc) is 3.18. The van der Waals surface area contributed by atoms with Gasteiger partial charge in [0, 0.05) is 24.8 Å². The third kappa shape index (κ3) is 4.98. The van der Waals surface area contributed by atoms with E-state index in [2.05, 4.69) is 15.3 Å². The highest BCUT2D eigenvalue weighted by atomic mass is 35.5. The summed E-state index contributed by atoms with van der Waals surface area (Å²) in [4.78, 5) is 35.0. The molecule has 1 N–H and O–H groups in total. The van der Waals surface area contributed by atoms with Crippen molar-refractivity contribution in [3.05, 3.63) is 81.1 Å². The Bertz CT molecular complexity index is 1500. The number of nitrogens with one attached hydrogen (secondary N) is 1. The third-order valence-corrected chi connectivity index (χ3v) is 7.47. The van der Waals surface area contributed by atoms with E-state index in [1.54, 1.807) is 43.1 Å². The minimum atomic E-state index is -0.140. The molecular weight excluding hydrogens is 490 g/mol. The number of carbonyl (C=O) groups excluding carboxylic acids is 1. The first-order valence-electron chi connectivity index (χ1n) is 12.5. The Kier molecular flexibility index (Phi) is 7.02. The van der Waals surface area contributed by atoms with Gasteiger partial charge in [0.2, 0.25) is 5.88 Å². The molecule has 4 aromatic rings. The molecule has 3 heterocycles. The van der Waals surface area contributed by atoms with Crippen LogP contribution in [0.5, 0.6) is 5.88 Å². The number of carbonyl (C=O) groups is 1. The summed E-state index contributed by atoms with van der Waals surface area (Å²) in [6.45, 7) is 4.48. The van der Waals surface area contributed by atoms with Crippen LogP contribution in [0, 0.1) is 19.8 Å². The van der Waals surface area contributed by atoms with Crippen LogP contribution in [0.25, 0.3) is 16.7 Å². The zero-order valence-corrected chi connectivity index (χ0v) is 22.0. The summed E-state index contributed by atoms with van der Waals surface area (Å²) in [7, 11) is 1.57. The van der Waals surface area contributed by atoms with Crippen LogP contribution in [0.4, 0.5) is 0 Å². The first kappa shape index (κ1) is 25.0. The van der Waals surface area contributed by atoms with E-state index in [1.165, 1.54) is 0 Å². The van der Waals surface area contributed by atoms with Crippen LogP contribution < -0.4 is 15.7 Å². The number of hydrogen-bond donors (Lipinski definition) is 1. The summed E-state index contributed by atoms with van der Waals surface area (Å²) in [5, 5.41) is 3.59. The number of imidazole rings is 1. The Labute approximate surface area is 220 Å². The van der Waals surface area contributed by atoms with Gasteiger partial charge in [0.15, 0.2) is 0 Å². The number of hydrogen-bond acceptors (Lipinski definition) is 5. The number of amides is 1. The van der Waals surface area contributed by atoms with Crippen molar-refractivity contribution in [1.82, 2.24) is 24.4 Å². The maximum Gasteiger partial charge on any atom is 0.333 e. The molecule has 1 aliphatic carbocycles. The minimum Gasteiger partial charge on any atom is -0.481 e. The molecule has 1 fully saturated rings. The van der Waals surface area contributed by atoms with E-state index in [9.17, 15) is 9.59 Å². The van der Waals surface area contributed by atoms with Crippen molar-refractivity contribution in [2.24, 2.45) is 5.92 Å². The van der Waals surface area contributed by atoms with Crippen molar-refractivity contribution in [3.63, 3.8) is 0 Å². The Morgan fingerprint density at radius 2 is 1.89 bits per heavy atom. The summed E-state index contributed by atoms with van der Waals surface area (Å²) in [5.74, 6) is 0.703. The van der Waals surface area contributed by atoms with Crippen molar-refractivity contribution in [2.45, 2.75) is 52.1 Å². The number of aryl methyl sites for hydroxylation is 2. The Balaban J connectivity index is 1.33. The largest absolute Gasteiger partial charge is 0.481 e. The molecule has 1 amide bonds. The van der Waals surface area contributed by atoms with E-state index < -0.39 is 0 Å². The van der Waals surface area contributed by atoms with Crippen molar-refractivity contribution in [2.75, 3.05) is 7.11 Å². The van der Waals surface area contributed by atoms with Crippen LogP contribution in [0.3, 0.4) is 0 Å². The Morgan fingerprint density at radius 1 is 1.11 bits per heavy atom. The van der Waals surface area contributed by atoms with Crippen molar-refractivity contribution < 1.29 is 9.53 Å². The molecule has 8 nitrogen and oxygen atoms in total. The second kappa shape index (κ2) is 10.4. The molecule has 5 rings (SSSR count). The molecule has 0 atom stereocenters. The molecule has 0 unspecified atom stereocenters. The van der Waals surface area contributed by atoms with Crippen LogP contribution in [-0.2, 0) is 6.54 Å². The van der Waals surface area contributed by atoms with E-state index in [0.29, 0.717) is 40.3 Å². The van der Waals surface area contributed by atoms with Gasteiger partial charge in [-0.2, -0.15) is 0 Å². The SMILES string of the molecule is COc1ccc(-n2c(=O)n(CC3CCC(NC(=O)c4cc(Cl)cnc4C)CC3)c3c(C)cccc32)cn1. The number of benzene rings is 1. The van der Waals surface area contributed by atoms with Crippen molar-refractivity contribution in [3.8, 4) is 11.6 Å². The zero-order valence-electron chi connectivity index (χ0n) is 21.2. The first-order chi connectivity index (χ1) is 17.9. The van der Waals surface area contributed by atoms with Crippen LogP contribution in [0.15, 0.2) is 53.6 Å². The number of nitrogens with zero attached hydrogens (tertiary/aromatic N) is 4. The van der Waals surface area contributed by atoms with Crippen molar-refractivity contribution in [1.29, 1.82) is 0 Å². The second-order valence-electron chi connectivity index (χ2n) is 9.71. The number of ether oxygens (including phenoxy) is 1. The molecule has 37 heavy (non-hydrogen) atoms. The number of pyridine rings is 2. The summed E-state index contributed by atoms with van der Waals surface area (Å²) in [6, 6.07) is 11.3. The number of halogens is 1. The quantitative estimate of drug-likeness (QED) is 0.393. The molecule has 1 saturated carbocycles. The fourth-order valence-electron chi connectivity index (χ4n) is 5.29. The highest BCUT2D eigenvalue weighted by Crippen LogP contribution is 2.29. The fourth-order valence-corrected chi connectivity index (χ4v) is 5.44. The number of rotatable bonds is 6. The lowest BCUT2D eigenvalue weighted by Crippen LogP contribution is -2.39. The maximum absolute atomic E-state index is 13.7. The van der Waals surface area contributed by atoms with E-state index in [0.717, 1.165) is 42.3 Å². The Hall–Kier alpha value is -3.65. The van der Waals surface area contributed by atoms with Gasteiger partial charge in [-0.25, -0.2) is 9.78 Å². The Morgan fingerprint density at radius 3 is 2.59 bits per heavy atom. The van der Waals surface area contributed by atoms with Gasteiger partial charge < -0.3 is 10.1 Å². The zero-order chi connectivity index (χ0) is 26.1. The lowest BCUT2D eigenvalue weighted by Gasteiger charge is -2.29. The van der Waals surface area contributed by atoms with E-state index in [-0.39, 0.29) is 17.6 Å². The van der Waals surface area contributed by atoms with Gasteiger partial charge in [-0.1, -0.05) is 23.7 Å². The molecule has 1 aliphatic rings. The maximum atomic E-state index is 13.7. The van der Waals surface area contributed by atoms with Gasteiger partial charge in [0.1, 0.15) is 0 Å². The first-order valence-corrected chi connectivity index (χ1v) is 12.9. The lowest BCUT2D eigenvalue weighted by atomic mass is 9.85. The van der Waals surface area contributed by atoms with Crippen LogP contribution in [-0.4, -0.2) is 38.2 Å². The van der Waals surface area contributed by atoms with E-state index >= 15 is 0 Å². The monoisotopic (exact) mass is 519 g/mol. The van der Waals surface area contributed by atoms with Gasteiger partial charge in [0.25, 0.3) is 5.91 Å². The van der Waals surface area contributed by atoms with Gasteiger partial charge >= 0.3 is 5.69 Å². The predicted molar refractivity (Wildman–Crippen MR) is 144 cm³/mol. The van der Waals surface area contributed by atoms with Crippen LogP contribution in [0.1, 0.15) is 47.3 Å². The molecular formula is C28H30ClN5O3. The highest BCUT2D eigenvalue weighted by molar-refractivity contribution is 6.30. The summed E-state index contributed by atoms with van der Waals surface area (Å²) in [5.41, 5.74) is 4.67. The van der Waals surface area contributed by atoms with E-state index in [4.69, 9.17) is 16.3 Å². The molecule has 3 aromatic heterocycles. The van der Waals surface area contributed by atoms with Crippen LogP contribution >= 0.6 is 11.6 Å². The standard InChI is InChI=1S/C28H30ClN5O3/c1-17-5-4-6-24-26(17)33(28(36)34(24)22-11-12-25(37-3)31-15-22)16-19-7-9-21(10-8-19)32-27(35)23-13-20(29)14-30-18(23)2/h4-6,11-15,19,21H,7-10,16H2,1-3H3,(H,32,35). The molecule has 1 aromatic carbocycles. The molecule has 0 radical (unpaired) electrons. The predicted octanol–water partition coefficient (Wildman–Crippen LogP) is 4.85. The third-order valence-electron chi connectivity index (χ3n) is 7.26. The number of aromatic nitrogens is 4. The summed E-state index contributed by atoms with van der Waals surface area (Å²) in [6.07, 6.45) is 6.78. The van der Waals surface area contributed by atoms with E-state index in [1.807, 2.05) is 35.8 Å². The summed E-state index contributed by atoms with van der Waals surface area (Å²) < 4.78 is 8.80. The molecule has 0 spiro atoms. The van der Waals surface area contributed by atoms with Crippen molar-refractivity contribution >= 4 is 28.5 Å². The molecule has 0 aliphatic heterocycles. The topological polar surface area (TPSA) is 91.0 Å². The van der Waals surface area contributed by atoms with Gasteiger partial charge in [-0.15, -0.1) is 0 Å². The van der Waals surface area contributed by atoms with Gasteiger partial charge in [-0.05, 0) is 69.2 Å². The fraction of sp³-hybridized carbons (Fsp3) is 0.357. The number of methoxy groups -OCH3 is 1. The van der Waals surface area contributed by atoms with Gasteiger partial charge in [-0.3, -0.25) is 18.9 Å². The molecule has 0 saturated heterocycles. The number of para-hydroxylation sites is 1. The average molecular weight is 520 g/mol. The number of fused-ring (bicyclic) bond motifs is 1. The molecule has 9 heteroatoms. The summed E-state index contributed by atoms with van der Waals surface area (Å²) >= 11 is 6.04. The lowest BCUT2D eigenvalue weighted by molar-refractivity contribution is 0.0919. The highest BCUT2D eigenvalue weighted by Gasteiger charge is 2.26. The normalized spacial score (nSPS) is 17.6. The molecule has 192 valence electrons. The minimum absolute atomic E-state index is 0.0735. The molecule has 0 bridgehead atoms. The van der Waals surface area contributed by atoms with Gasteiger partial charge in [0.05, 0.1) is 46.3 Å². The second-order valence-corrected chi connectivity index (χ2v) is 10.1. The smallest absolute Gasteiger partial charge is 0.333 e. The van der Waals surface area contributed by atoms with Crippen LogP contribution in [0.2, 0.25) is 5.02 Å².